The molecule has 4 nitrogen and oxygen atoms in total. The van der Waals surface area contributed by atoms with Gasteiger partial charge in [-0.1, -0.05) is 92.4 Å². The van der Waals surface area contributed by atoms with E-state index in [9.17, 15) is 9.59 Å². The maximum atomic E-state index is 13.1. The molecule has 0 radical (unpaired) electrons. The fraction of sp³-hybridized carbons (Fsp3) is 0.258. The fourth-order valence-electron chi connectivity index (χ4n) is 4.17. The highest BCUT2D eigenvalue weighted by atomic mass is 16.5. The highest BCUT2D eigenvalue weighted by Crippen LogP contribution is 2.27. The first-order valence-electron chi connectivity index (χ1n) is 12.3. The molecular formula is C31H31NO3. The third kappa shape index (κ3) is 6.21. The first-order chi connectivity index (χ1) is 17.0. The summed E-state index contributed by atoms with van der Waals surface area (Å²) in [6, 6.07) is 24.8. The first kappa shape index (κ1) is 24.3. The topological polar surface area (TPSA) is 56.3 Å². The lowest BCUT2D eigenvalue weighted by atomic mass is 10.0. The summed E-state index contributed by atoms with van der Waals surface area (Å²) in [5.41, 5.74) is 5.64. The summed E-state index contributed by atoms with van der Waals surface area (Å²) >= 11 is 0. The van der Waals surface area contributed by atoms with Crippen molar-refractivity contribution in [2.75, 3.05) is 6.61 Å². The van der Waals surface area contributed by atoms with E-state index in [4.69, 9.17) is 9.72 Å². The summed E-state index contributed by atoms with van der Waals surface area (Å²) in [4.78, 5) is 30.4. The number of unbranched alkanes of at least 4 members (excludes halogenated alkanes) is 3. The number of carbonyl (C=O) groups excluding carboxylic acids is 2. The molecule has 0 N–H and O–H groups in total. The van der Waals surface area contributed by atoms with Crippen LogP contribution in [0.3, 0.4) is 0 Å². The minimum Gasteiger partial charge on any atom is -0.454 e. The van der Waals surface area contributed by atoms with Gasteiger partial charge in [-0.2, -0.15) is 0 Å². The third-order valence-electron chi connectivity index (χ3n) is 6.18. The average Bonchev–Trinajstić information content (AvgIpc) is 2.90. The number of esters is 1. The molecule has 0 fully saturated rings. The van der Waals surface area contributed by atoms with Gasteiger partial charge in [0.25, 0.3) is 0 Å². The third-order valence-corrected chi connectivity index (χ3v) is 6.18. The van der Waals surface area contributed by atoms with Gasteiger partial charge in [0, 0.05) is 16.5 Å². The Balaban J connectivity index is 1.58. The SMILES string of the molecule is CCCCCCc1ccc(-c2cc(C(=O)OCC(=O)c3ccccc3)c3cc(C)ccc3n2)cc1. The molecule has 0 aliphatic rings. The van der Waals surface area contributed by atoms with E-state index in [0.717, 1.165) is 28.5 Å². The van der Waals surface area contributed by atoms with Crippen molar-refractivity contribution < 1.29 is 14.3 Å². The Morgan fingerprint density at radius 3 is 2.37 bits per heavy atom. The van der Waals surface area contributed by atoms with Gasteiger partial charge in [0.2, 0.25) is 0 Å². The van der Waals surface area contributed by atoms with Crippen molar-refractivity contribution in [1.29, 1.82) is 0 Å². The summed E-state index contributed by atoms with van der Waals surface area (Å²) in [7, 11) is 0. The zero-order valence-electron chi connectivity index (χ0n) is 20.4. The summed E-state index contributed by atoms with van der Waals surface area (Å²) in [5.74, 6) is -0.760. The van der Waals surface area contributed by atoms with E-state index >= 15 is 0 Å². The summed E-state index contributed by atoms with van der Waals surface area (Å²) in [6.07, 6.45) is 6.02. The molecule has 3 aromatic carbocycles. The quantitative estimate of drug-likeness (QED) is 0.139. The van der Waals surface area contributed by atoms with E-state index in [2.05, 4.69) is 31.2 Å². The summed E-state index contributed by atoms with van der Waals surface area (Å²) in [5, 5.41) is 0.721. The van der Waals surface area contributed by atoms with E-state index in [1.807, 2.05) is 31.2 Å². The number of Topliss-reactive ketones (excluding diaryl/α,β-unsaturated/α-hetero) is 1. The van der Waals surface area contributed by atoms with Crippen molar-refractivity contribution in [3.05, 3.63) is 101 Å². The van der Waals surface area contributed by atoms with Gasteiger partial charge in [-0.05, 0) is 43.5 Å². The van der Waals surface area contributed by atoms with Gasteiger partial charge in [-0.3, -0.25) is 4.79 Å². The largest absolute Gasteiger partial charge is 0.454 e. The molecule has 4 aromatic rings. The number of ketones is 1. The van der Waals surface area contributed by atoms with Gasteiger partial charge in [-0.15, -0.1) is 0 Å². The molecular weight excluding hydrogens is 434 g/mol. The van der Waals surface area contributed by atoms with Crippen molar-refractivity contribution in [3.8, 4) is 11.3 Å². The molecule has 1 aromatic heterocycles. The van der Waals surface area contributed by atoms with Gasteiger partial charge in [-0.25, -0.2) is 9.78 Å². The van der Waals surface area contributed by atoms with Crippen molar-refractivity contribution in [2.24, 2.45) is 0 Å². The first-order valence-corrected chi connectivity index (χ1v) is 12.3. The van der Waals surface area contributed by atoms with Gasteiger partial charge in [0.15, 0.2) is 12.4 Å². The molecule has 1 heterocycles. The van der Waals surface area contributed by atoms with E-state index in [1.54, 1.807) is 30.3 Å². The molecule has 0 aliphatic carbocycles. The monoisotopic (exact) mass is 465 g/mol. The second-order valence-corrected chi connectivity index (χ2v) is 8.95. The lowest BCUT2D eigenvalue weighted by Crippen LogP contribution is -2.15. The lowest BCUT2D eigenvalue weighted by molar-refractivity contribution is 0.0476. The lowest BCUT2D eigenvalue weighted by Gasteiger charge is -2.11. The molecule has 0 bridgehead atoms. The molecule has 0 aliphatic heterocycles. The molecule has 4 heteroatoms. The number of nitrogens with zero attached hydrogens (tertiary/aromatic N) is 1. The van der Waals surface area contributed by atoms with E-state index < -0.39 is 5.97 Å². The Kier molecular flexibility index (Phi) is 8.04. The Labute approximate surface area is 207 Å². The number of aryl methyl sites for hydroxylation is 2. The standard InChI is InChI=1S/C31H31NO3/c1-3-4-5-7-10-23-14-16-24(17-15-23)29-20-27(26-19-22(2)13-18-28(26)32-29)31(34)35-21-30(33)25-11-8-6-9-12-25/h6,8-9,11-20H,3-5,7,10,21H2,1-2H3. The van der Waals surface area contributed by atoms with Crippen molar-refractivity contribution in [2.45, 2.75) is 46.0 Å². The number of benzene rings is 3. The predicted octanol–water partition coefficient (Wildman–Crippen LogP) is 7.37. The van der Waals surface area contributed by atoms with Crippen LogP contribution in [0, 0.1) is 6.92 Å². The average molecular weight is 466 g/mol. The van der Waals surface area contributed by atoms with Crippen LogP contribution in [0.25, 0.3) is 22.2 Å². The van der Waals surface area contributed by atoms with E-state index in [0.29, 0.717) is 16.8 Å². The van der Waals surface area contributed by atoms with Crippen LogP contribution in [0.2, 0.25) is 0 Å². The molecule has 0 atom stereocenters. The molecule has 0 spiro atoms. The molecule has 4 rings (SSSR count). The van der Waals surface area contributed by atoms with E-state index in [1.165, 1.54) is 31.2 Å². The van der Waals surface area contributed by atoms with Crippen LogP contribution in [-0.2, 0) is 11.2 Å². The number of pyridine rings is 1. The van der Waals surface area contributed by atoms with Crippen LogP contribution >= 0.6 is 0 Å². The summed E-state index contributed by atoms with van der Waals surface area (Å²) in [6.45, 7) is 3.89. The molecule has 0 unspecified atom stereocenters. The highest BCUT2D eigenvalue weighted by molar-refractivity contribution is 6.06. The number of ether oxygens (including phenoxy) is 1. The van der Waals surface area contributed by atoms with Crippen LogP contribution in [-0.4, -0.2) is 23.3 Å². The molecule has 0 saturated heterocycles. The summed E-state index contributed by atoms with van der Waals surface area (Å²) < 4.78 is 5.45. The number of hydrogen-bond acceptors (Lipinski definition) is 4. The number of rotatable bonds is 10. The fourth-order valence-corrected chi connectivity index (χ4v) is 4.17. The Bertz CT molecular complexity index is 1310. The van der Waals surface area contributed by atoms with Gasteiger partial charge in [0.05, 0.1) is 16.8 Å². The van der Waals surface area contributed by atoms with Crippen LogP contribution in [0.1, 0.15) is 64.4 Å². The van der Waals surface area contributed by atoms with Gasteiger partial charge < -0.3 is 4.74 Å². The van der Waals surface area contributed by atoms with Crippen LogP contribution in [0.5, 0.6) is 0 Å². The molecule has 35 heavy (non-hydrogen) atoms. The Morgan fingerprint density at radius 2 is 1.63 bits per heavy atom. The predicted molar refractivity (Wildman–Crippen MR) is 141 cm³/mol. The van der Waals surface area contributed by atoms with Gasteiger partial charge >= 0.3 is 5.97 Å². The maximum absolute atomic E-state index is 13.1. The van der Waals surface area contributed by atoms with Gasteiger partial charge in [0.1, 0.15) is 0 Å². The van der Waals surface area contributed by atoms with Crippen LogP contribution in [0.15, 0.2) is 78.9 Å². The Morgan fingerprint density at radius 1 is 0.857 bits per heavy atom. The van der Waals surface area contributed by atoms with Crippen molar-refractivity contribution in [1.82, 2.24) is 4.98 Å². The number of hydrogen-bond donors (Lipinski definition) is 0. The van der Waals surface area contributed by atoms with Crippen LogP contribution < -0.4 is 0 Å². The number of aromatic nitrogens is 1. The zero-order valence-corrected chi connectivity index (χ0v) is 20.4. The maximum Gasteiger partial charge on any atom is 0.339 e. The van der Waals surface area contributed by atoms with E-state index in [-0.39, 0.29) is 12.4 Å². The minimum absolute atomic E-state index is 0.233. The minimum atomic E-state index is -0.527. The highest BCUT2D eigenvalue weighted by Gasteiger charge is 2.17. The molecule has 0 amide bonds. The van der Waals surface area contributed by atoms with Crippen LogP contribution in [0.4, 0.5) is 0 Å². The zero-order chi connectivity index (χ0) is 24.6. The second-order valence-electron chi connectivity index (χ2n) is 8.95. The molecule has 178 valence electrons. The second kappa shape index (κ2) is 11.6. The number of carbonyl (C=O) groups is 2. The Hall–Kier alpha value is -3.79. The smallest absolute Gasteiger partial charge is 0.339 e. The molecule has 0 saturated carbocycles. The normalized spacial score (nSPS) is 10.9. The van der Waals surface area contributed by atoms with Crippen molar-refractivity contribution in [3.63, 3.8) is 0 Å². The van der Waals surface area contributed by atoms with Crippen molar-refractivity contribution >= 4 is 22.7 Å². The number of fused-ring (bicyclic) bond motifs is 1.